The summed E-state index contributed by atoms with van der Waals surface area (Å²) < 4.78 is 51.1. The van der Waals surface area contributed by atoms with Gasteiger partial charge in [0.15, 0.2) is 0 Å². The molecule has 126 valence electrons. The number of ether oxygens (including phenoxy) is 1. The zero-order valence-corrected chi connectivity index (χ0v) is 13.9. The van der Waals surface area contributed by atoms with Gasteiger partial charge in [0.2, 0.25) is 10.0 Å². The van der Waals surface area contributed by atoms with Crippen LogP contribution in [0.5, 0.6) is 5.75 Å². The standard InChI is InChI=1S/C15H19FN2O4S/c1-18(2)12(13-5-4-8-22-13)10-17-23(19,20)15-9-11(16)6-7-14(15)21-3/h4-9,12,17H,10H2,1-3H3/t12-/m0/s1. The van der Waals surface area contributed by atoms with Gasteiger partial charge in [-0.3, -0.25) is 4.90 Å². The normalized spacial score (nSPS) is 13.3. The highest BCUT2D eigenvalue weighted by molar-refractivity contribution is 7.89. The fourth-order valence-electron chi connectivity index (χ4n) is 2.15. The summed E-state index contributed by atoms with van der Waals surface area (Å²) in [6, 6.07) is 6.55. The number of methoxy groups -OCH3 is 1. The Morgan fingerprint density at radius 1 is 1.35 bits per heavy atom. The fourth-order valence-corrected chi connectivity index (χ4v) is 3.36. The molecule has 1 aromatic heterocycles. The van der Waals surface area contributed by atoms with E-state index in [1.807, 2.05) is 19.0 Å². The molecule has 1 N–H and O–H groups in total. The number of hydrogen-bond donors (Lipinski definition) is 1. The summed E-state index contributed by atoms with van der Waals surface area (Å²) in [6.07, 6.45) is 1.52. The second-order valence-electron chi connectivity index (χ2n) is 5.14. The number of nitrogens with zero attached hydrogens (tertiary/aromatic N) is 1. The summed E-state index contributed by atoms with van der Waals surface area (Å²) in [5, 5.41) is 0. The number of nitrogens with one attached hydrogen (secondary N) is 1. The van der Waals surface area contributed by atoms with Gasteiger partial charge in [0.05, 0.1) is 19.4 Å². The second-order valence-corrected chi connectivity index (χ2v) is 6.88. The van der Waals surface area contributed by atoms with Gasteiger partial charge in [0.25, 0.3) is 0 Å². The second kappa shape index (κ2) is 7.12. The monoisotopic (exact) mass is 342 g/mol. The van der Waals surface area contributed by atoms with Crippen LogP contribution in [0, 0.1) is 5.82 Å². The molecular weight excluding hydrogens is 323 g/mol. The predicted molar refractivity (Wildman–Crippen MR) is 83.3 cm³/mol. The van der Waals surface area contributed by atoms with Crippen LogP contribution in [0.25, 0.3) is 0 Å². The lowest BCUT2D eigenvalue weighted by atomic mass is 10.2. The van der Waals surface area contributed by atoms with E-state index in [0.29, 0.717) is 5.76 Å². The van der Waals surface area contributed by atoms with Crippen molar-refractivity contribution < 1.29 is 22.0 Å². The Balaban J connectivity index is 2.23. The average molecular weight is 342 g/mol. The van der Waals surface area contributed by atoms with Crippen LogP contribution < -0.4 is 9.46 Å². The number of furan rings is 1. The Hall–Kier alpha value is -1.90. The Morgan fingerprint density at radius 2 is 2.09 bits per heavy atom. The minimum absolute atomic E-state index is 0.0719. The van der Waals surface area contributed by atoms with Crippen molar-refractivity contribution in [1.82, 2.24) is 9.62 Å². The first kappa shape index (κ1) is 17.5. The summed E-state index contributed by atoms with van der Waals surface area (Å²) in [6.45, 7) is 0.0719. The van der Waals surface area contributed by atoms with Gasteiger partial charge < -0.3 is 9.15 Å². The molecule has 0 fully saturated rings. The lowest BCUT2D eigenvalue weighted by Crippen LogP contribution is -2.34. The van der Waals surface area contributed by atoms with Crippen molar-refractivity contribution in [3.05, 3.63) is 48.2 Å². The number of benzene rings is 1. The van der Waals surface area contributed by atoms with E-state index in [4.69, 9.17) is 9.15 Å². The van der Waals surface area contributed by atoms with Crippen molar-refractivity contribution in [2.75, 3.05) is 27.7 Å². The van der Waals surface area contributed by atoms with Crippen molar-refractivity contribution in [1.29, 1.82) is 0 Å². The molecular formula is C15H19FN2O4S. The van der Waals surface area contributed by atoms with Gasteiger partial charge in [0, 0.05) is 6.54 Å². The predicted octanol–water partition coefficient (Wildman–Crippen LogP) is 2.01. The van der Waals surface area contributed by atoms with E-state index in [0.717, 1.165) is 12.1 Å². The number of sulfonamides is 1. The van der Waals surface area contributed by atoms with Crippen LogP contribution in [0.4, 0.5) is 4.39 Å². The van der Waals surface area contributed by atoms with Crippen LogP contribution >= 0.6 is 0 Å². The number of rotatable bonds is 7. The quantitative estimate of drug-likeness (QED) is 0.833. The van der Waals surface area contributed by atoms with Crippen molar-refractivity contribution in [2.24, 2.45) is 0 Å². The third kappa shape index (κ3) is 4.10. The summed E-state index contributed by atoms with van der Waals surface area (Å²) >= 11 is 0. The van der Waals surface area contributed by atoms with Gasteiger partial charge in [-0.05, 0) is 44.4 Å². The molecule has 8 heteroatoms. The van der Waals surface area contributed by atoms with E-state index >= 15 is 0 Å². The Kier molecular flexibility index (Phi) is 5.40. The molecule has 0 aliphatic rings. The van der Waals surface area contributed by atoms with Crippen molar-refractivity contribution >= 4 is 10.0 Å². The number of halogens is 1. The average Bonchev–Trinajstić information content (AvgIpc) is 3.01. The minimum atomic E-state index is -3.93. The lowest BCUT2D eigenvalue weighted by molar-refractivity contribution is 0.259. The largest absolute Gasteiger partial charge is 0.495 e. The zero-order valence-electron chi connectivity index (χ0n) is 13.1. The molecule has 0 radical (unpaired) electrons. The minimum Gasteiger partial charge on any atom is -0.495 e. The molecule has 0 aliphatic heterocycles. The molecule has 0 amide bonds. The fraction of sp³-hybridized carbons (Fsp3) is 0.333. The molecule has 6 nitrogen and oxygen atoms in total. The number of likely N-dealkylation sites (N-methyl/N-ethyl adjacent to an activating group) is 1. The van der Waals surface area contributed by atoms with E-state index < -0.39 is 15.8 Å². The smallest absolute Gasteiger partial charge is 0.244 e. The van der Waals surface area contributed by atoms with Gasteiger partial charge >= 0.3 is 0 Å². The van der Waals surface area contributed by atoms with E-state index in [-0.39, 0.29) is 23.2 Å². The van der Waals surface area contributed by atoms with Gasteiger partial charge in [-0.2, -0.15) is 0 Å². The summed E-state index contributed by atoms with van der Waals surface area (Å²) in [5.74, 6) is 0.0589. The van der Waals surface area contributed by atoms with Crippen LogP contribution in [-0.4, -0.2) is 41.1 Å². The van der Waals surface area contributed by atoms with Crippen LogP contribution in [0.3, 0.4) is 0 Å². The van der Waals surface area contributed by atoms with Crippen molar-refractivity contribution in [2.45, 2.75) is 10.9 Å². The highest BCUT2D eigenvalue weighted by atomic mass is 32.2. The molecule has 1 heterocycles. The lowest BCUT2D eigenvalue weighted by Gasteiger charge is -2.22. The maximum Gasteiger partial charge on any atom is 0.244 e. The first-order chi connectivity index (χ1) is 10.8. The van der Waals surface area contributed by atoms with Gasteiger partial charge in [0.1, 0.15) is 22.2 Å². The Morgan fingerprint density at radius 3 is 2.65 bits per heavy atom. The van der Waals surface area contributed by atoms with E-state index in [1.165, 1.54) is 19.4 Å². The summed E-state index contributed by atoms with van der Waals surface area (Å²) in [5.41, 5.74) is 0. The zero-order chi connectivity index (χ0) is 17.0. The van der Waals surface area contributed by atoms with E-state index in [9.17, 15) is 12.8 Å². The van der Waals surface area contributed by atoms with E-state index in [2.05, 4.69) is 4.72 Å². The molecule has 1 atom stereocenters. The Labute approximate surface area is 134 Å². The van der Waals surface area contributed by atoms with Crippen LogP contribution in [-0.2, 0) is 10.0 Å². The van der Waals surface area contributed by atoms with Crippen molar-refractivity contribution in [3.63, 3.8) is 0 Å². The molecule has 0 saturated heterocycles. The molecule has 0 unspecified atom stereocenters. The first-order valence-electron chi connectivity index (χ1n) is 6.88. The molecule has 1 aromatic carbocycles. The maximum atomic E-state index is 13.4. The highest BCUT2D eigenvalue weighted by Crippen LogP contribution is 2.25. The topological polar surface area (TPSA) is 71.8 Å². The number of hydrogen-bond acceptors (Lipinski definition) is 5. The molecule has 23 heavy (non-hydrogen) atoms. The molecule has 0 spiro atoms. The molecule has 0 saturated carbocycles. The SMILES string of the molecule is COc1ccc(F)cc1S(=O)(=O)NC[C@@H](c1ccco1)N(C)C. The van der Waals surface area contributed by atoms with Gasteiger partial charge in [-0.25, -0.2) is 17.5 Å². The van der Waals surface area contributed by atoms with Crippen molar-refractivity contribution in [3.8, 4) is 5.75 Å². The molecule has 0 aliphatic carbocycles. The molecule has 2 aromatic rings. The van der Waals surface area contributed by atoms with Crippen LogP contribution in [0.2, 0.25) is 0 Å². The molecule has 0 bridgehead atoms. The highest BCUT2D eigenvalue weighted by Gasteiger charge is 2.24. The summed E-state index contributed by atoms with van der Waals surface area (Å²) in [7, 11) is 1.02. The van der Waals surface area contributed by atoms with Gasteiger partial charge in [-0.1, -0.05) is 0 Å². The van der Waals surface area contributed by atoms with Crippen LogP contribution in [0.1, 0.15) is 11.8 Å². The Bertz CT molecular complexity index is 745. The van der Waals surface area contributed by atoms with Gasteiger partial charge in [-0.15, -0.1) is 0 Å². The van der Waals surface area contributed by atoms with E-state index in [1.54, 1.807) is 12.1 Å². The third-order valence-corrected chi connectivity index (χ3v) is 4.82. The maximum absolute atomic E-state index is 13.4. The third-order valence-electron chi connectivity index (χ3n) is 3.38. The first-order valence-corrected chi connectivity index (χ1v) is 8.36. The van der Waals surface area contributed by atoms with Crippen LogP contribution in [0.15, 0.2) is 45.9 Å². The molecule has 2 rings (SSSR count). The summed E-state index contributed by atoms with van der Waals surface area (Å²) in [4.78, 5) is 1.58.